The highest BCUT2D eigenvalue weighted by Crippen LogP contribution is 2.29. The average molecular weight is 259 g/mol. The topological polar surface area (TPSA) is 40.5 Å². The maximum atomic E-state index is 10.6. The molecule has 1 aromatic carbocycles. The molecule has 1 N–H and O–H groups in total. The molecule has 0 bridgehead atoms. The number of rotatable bonds is 7. The van der Waals surface area contributed by atoms with Gasteiger partial charge in [0.05, 0.1) is 0 Å². The van der Waals surface area contributed by atoms with E-state index in [2.05, 4.69) is 17.9 Å². The number of carboxylic acid groups (broad SMARTS) is 1. The summed E-state index contributed by atoms with van der Waals surface area (Å²) in [6.45, 7) is 4.23. The first kappa shape index (κ1) is 13.8. The summed E-state index contributed by atoms with van der Waals surface area (Å²) in [5.74, 6) is -0.901. The Labute approximate surface area is 114 Å². The summed E-state index contributed by atoms with van der Waals surface area (Å²) >= 11 is 0. The number of hydrogen-bond acceptors (Lipinski definition) is 2. The lowest BCUT2D eigenvalue weighted by molar-refractivity contribution is -0.131. The molecule has 0 spiro atoms. The molecular weight excluding hydrogens is 238 g/mol. The van der Waals surface area contributed by atoms with E-state index in [9.17, 15) is 4.79 Å². The van der Waals surface area contributed by atoms with E-state index in [0.29, 0.717) is 0 Å². The summed E-state index contributed by atoms with van der Waals surface area (Å²) in [4.78, 5) is 13.1. The van der Waals surface area contributed by atoms with Crippen LogP contribution in [0.25, 0.3) is 6.08 Å². The maximum Gasteiger partial charge on any atom is 0.328 e. The van der Waals surface area contributed by atoms with Gasteiger partial charge in [-0.25, -0.2) is 4.79 Å². The first-order chi connectivity index (χ1) is 9.20. The summed E-state index contributed by atoms with van der Waals surface area (Å²) in [7, 11) is 0. The van der Waals surface area contributed by atoms with Gasteiger partial charge in [-0.1, -0.05) is 31.2 Å². The quantitative estimate of drug-likeness (QED) is 0.765. The second kappa shape index (κ2) is 6.53. The van der Waals surface area contributed by atoms with Crippen molar-refractivity contribution in [1.82, 2.24) is 4.90 Å². The molecule has 1 aromatic rings. The lowest BCUT2D eigenvalue weighted by Crippen LogP contribution is -2.26. The molecule has 0 amide bonds. The standard InChI is InChI=1S/C16H21NO2/c1-2-11-17(15-8-9-15)12-14-6-4-3-5-13(14)7-10-16(18)19/h3-7,10,15H,2,8-9,11-12H2,1H3,(H,18,19). The van der Waals surface area contributed by atoms with Crippen LogP contribution in [0.4, 0.5) is 0 Å². The molecule has 0 aromatic heterocycles. The number of benzene rings is 1. The van der Waals surface area contributed by atoms with Crippen molar-refractivity contribution in [2.75, 3.05) is 6.54 Å². The van der Waals surface area contributed by atoms with Crippen molar-refractivity contribution in [3.8, 4) is 0 Å². The molecule has 0 radical (unpaired) electrons. The van der Waals surface area contributed by atoms with E-state index < -0.39 is 5.97 Å². The fourth-order valence-electron chi connectivity index (χ4n) is 2.34. The zero-order valence-corrected chi connectivity index (χ0v) is 11.4. The summed E-state index contributed by atoms with van der Waals surface area (Å²) in [5.41, 5.74) is 2.21. The third-order valence-corrected chi connectivity index (χ3v) is 3.41. The highest BCUT2D eigenvalue weighted by Gasteiger charge is 2.28. The third-order valence-electron chi connectivity index (χ3n) is 3.41. The number of hydrogen-bond donors (Lipinski definition) is 1. The average Bonchev–Trinajstić information content (AvgIpc) is 3.21. The van der Waals surface area contributed by atoms with Gasteiger partial charge < -0.3 is 5.11 Å². The Morgan fingerprint density at radius 1 is 1.42 bits per heavy atom. The van der Waals surface area contributed by atoms with Gasteiger partial charge in [0.15, 0.2) is 0 Å². The van der Waals surface area contributed by atoms with Gasteiger partial charge in [0.1, 0.15) is 0 Å². The largest absolute Gasteiger partial charge is 0.478 e. The van der Waals surface area contributed by atoms with Crippen LogP contribution in [0.5, 0.6) is 0 Å². The van der Waals surface area contributed by atoms with E-state index in [-0.39, 0.29) is 0 Å². The van der Waals surface area contributed by atoms with Crippen LogP contribution in [0, 0.1) is 0 Å². The van der Waals surface area contributed by atoms with Gasteiger partial charge in [0.2, 0.25) is 0 Å². The summed E-state index contributed by atoms with van der Waals surface area (Å²) in [5, 5.41) is 8.73. The zero-order chi connectivity index (χ0) is 13.7. The normalized spacial score (nSPS) is 15.3. The van der Waals surface area contributed by atoms with Gasteiger partial charge in [-0.15, -0.1) is 0 Å². The monoisotopic (exact) mass is 259 g/mol. The minimum Gasteiger partial charge on any atom is -0.478 e. The van der Waals surface area contributed by atoms with Crippen molar-refractivity contribution < 1.29 is 9.90 Å². The Kier molecular flexibility index (Phi) is 4.74. The molecule has 0 aliphatic heterocycles. The SMILES string of the molecule is CCCN(Cc1ccccc1C=CC(=O)O)C1CC1. The molecule has 102 valence electrons. The predicted octanol–water partition coefficient (Wildman–Crippen LogP) is 3.16. The highest BCUT2D eigenvalue weighted by molar-refractivity contribution is 5.85. The molecule has 1 fully saturated rings. The second-order valence-electron chi connectivity index (χ2n) is 5.07. The first-order valence-corrected chi connectivity index (χ1v) is 6.93. The Balaban J connectivity index is 2.11. The number of carboxylic acids is 1. The molecule has 3 nitrogen and oxygen atoms in total. The lowest BCUT2D eigenvalue weighted by atomic mass is 10.1. The molecule has 0 atom stereocenters. The van der Waals surface area contributed by atoms with Crippen LogP contribution >= 0.6 is 0 Å². The maximum absolute atomic E-state index is 10.6. The van der Waals surface area contributed by atoms with Crippen LogP contribution in [0.2, 0.25) is 0 Å². The molecule has 1 saturated carbocycles. The lowest BCUT2D eigenvalue weighted by Gasteiger charge is -2.22. The van der Waals surface area contributed by atoms with Crippen LogP contribution in [-0.4, -0.2) is 28.6 Å². The highest BCUT2D eigenvalue weighted by atomic mass is 16.4. The Hall–Kier alpha value is -1.61. The second-order valence-corrected chi connectivity index (χ2v) is 5.07. The fourth-order valence-corrected chi connectivity index (χ4v) is 2.34. The molecular formula is C16H21NO2. The molecule has 3 heteroatoms. The van der Waals surface area contributed by atoms with Gasteiger partial charge in [-0.05, 0) is 43.0 Å². The zero-order valence-electron chi connectivity index (χ0n) is 11.4. The van der Waals surface area contributed by atoms with E-state index in [0.717, 1.165) is 31.1 Å². The van der Waals surface area contributed by atoms with Gasteiger partial charge in [-0.2, -0.15) is 0 Å². The summed E-state index contributed by atoms with van der Waals surface area (Å²) < 4.78 is 0. The van der Waals surface area contributed by atoms with Crippen LogP contribution in [0.15, 0.2) is 30.3 Å². The van der Waals surface area contributed by atoms with Crippen LogP contribution in [0.3, 0.4) is 0 Å². The molecule has 2 rings (SSSR count). The molecule has 0 heterocycles. The molecule has 19 heavy (non-hydrogen) atoms. The van der Waals surface area contributed by atoms with Crippen LogP contribution < -0.4 is 0 Å². The summed E-state index contributed by atoms with van der Waals surface area (Å²) in [6, 6.07) is 8.77. The van der Waals surface area contributed by atoms with Crippen molar-refractivity contribution >= 4 is 12.0 Å². The van der Waals surface area contributed by atoms with Crippen molar-refractivity contribution in [3.05, 3.63) is 41.5 Å². The summed E-state index contributed by atoms with van der Waals surface area (Å²) in [6.07, 6.45) is 6.65. The van der Waals surface area contributed by atoms with Crippen molar-refractivity contribution in [3.63, 3.8) is 0 Å². The van der Waals surface area contributed by atoms with E-state index >= 15 is 0 Å². The fraction of sp³-hybridized carbons (Fsp3) is 0.438. The van der Waals surface area contributed by atoms with Crippen molar-refractivity contribution in [2.45, 2.75) is 38.8 Å². The van der Waals surface area contributed by atoms with E-state index in [1.807, 2.05) is 18.2 Å². The van der Waals surface area contributed by atoms with Gasteiger partial charge >= 0.3 is 5.97 Å². The van der Waals surface area contributed by atoms with Crippen molar-refractivity contribution in [2.24, 2.45) is 0 Å². The van der Waals surface area contributed by atoms with Gasteiger partial charge in [0, 0.05) is 18.7 Å². The smallest absolute Gasteiger partial charge is 0.328 e. The van der Waals surface area contributed by atoms with E-state index in [1.165, 1.54) is 24.5 Å². The Bertz CT molecular complexity index is 464. The Morgan fingerprint density at radius 3 is 2.79 bits per heavy atom. The van der Waals surface area contributed by atoms with E-state index in [4.69, 9.17) is 5.11 Å². The van der Waals surface area contributed by atoms with Gasteiger partial charge in [-0.3, -0.25) is 4.90 Å². The predicted molar refractivity (Wildman–Crippen MR) is 76.8 cm³/mol. The number of aliphatic carboxylic acids is 1. The van der Waals surface area contributed by atoms with Crippen LogP contribution in [0.1, 0.15) is 37.3 Å². The molecule has 0 saturated heterocycles. The van der Waals surface area contributed by atoms with E-state index in [1.54, 1.807) is 6.08 Å². The van der Waals surface area contributed by atoms with Gasteiger partial charge in [0.25, 0.3) is 0 Å². The number of carbonyl (C=O) groups is 1. The minimum atomic E-state index is -0.901. The molecule has 0 unspecified atom stereocenters. The van der Waals surface area contributed by atoms with Crippen LogP contribution in [-0.2, 0) is 11.3 Å². The van der Waals surface area contributed by atoms with Crippen molar-refractivity contribution in [1.29, 1.82) is 0 Å². The third kappa shape index (κ3) is 4.21. The first-order valence-electron chi connectivity index (χ1n) is 6.93. The molecule has 1 aliphatic rings. The minimum absolute atomic E-state index is 0.733. The molecule has 1 aliphatic carbocycles. The Morgan fingerprint density at radius 2 is 2.16 bits per heavy atom. The number of nitrogens with zero attached hydrogens (tertiary/aromatic N) is 1.